The molecule has 2 nitrogen and oxygen atoms in total. The van der Waals surface area contributed by atoms with E-state index in [4.69, 9.17) is 0 Å². The predicted octanol–water partition coefficient (Wildman–Crippen LogP) is 1.44. The Labute approximate surface area is 57.1 Å². The van der Waals surface area contributed by atoms with Crippen molar-refractivity contribution in [1.29, 1.82) is 0 Å². The van der Waals surface area contributed by atoms with E-state index >= 15 is 0 Å². The molecular formula is C3H2BrF3O2. The van der Waals surface area contributed by atoms with E-state index < -0.39 is 17.7 Å². The smallest absolute Gasteiger partial charge is 0.447 e. The maximum absolute atomic E-state index is 11.1. The Morgan fingerprint density at radius 3 is 2.11 bits per heavy atom. The van der Waals surface area contributed by atoms with Crippen LogP contribution in [0, 0.1) is 0 Å². The molecule has 0 N–H and O–H groups in total. The van der Waals surface area contributed by atoms with E-state index in [1.807, 2.05) is 0 Å². The predicted molar refractivity (Wildman–Crippen MR) is 25.9 cm³/mol. The van der Waals surface area contributed by atoms with Gasteiger partial charge in [-0.15, -0.1) is 0 Å². The summed E-state index contributed by atoms with van der Waals surface area (Å²) in [5.74, 6) is -2.18. The van der Waals surface area contributed by atoms with Crippen molar-refractivity contribution in [2.45, 2.75) is 6.18 Å². The highest BCUT2D eigenvalue weighted by Crippen LogP contribution is 2.16. The quantitative estimate of drug-likeness (QED) is 0.480. The molecular weight excluding hydrogens is 205 g/mol. The molecule has 0 aliphatic heterocycles. The number of ether oxygens (including phenoxy) is 1. The molecule has 0 aromatic carbocycles. The van der Waals surface area contributed by atoms with Crippen molar-refractivity contribution in [1.82, 2.24) is 0 Å². The molecule has 0 fully saturated rings. The van der Waals surface area contributed by atoms with Crippen molar-refractivity contribution in [2.75, 3.05) is 5.52 Å². The molecule has 0 saturated carbocycles. The van der Waals surface area contributed by atoms with E-state index in [-0.39, 0.29) is 0 Å². The van der Waals surface area contributed by atoms with Crippen molar-refractivity contribution in [3.63, 3.8) is 0 Å². The summed E-state index contributed by atoms with van der Waals surface area (Å²) >= 11 is 2.50. The number of carbonyl (C=O) groups is 1. The molecule has 0 amide bonds. The summed E-state index contributed by atoms with van der Waals surface area (Å²) in [6, 6.07) is 0. The van der Waals surface area contributed by atoms with Crippen LogP contribution in [0.2, 0.25) is 0 Å². The summed E-state index contributed by atoms with van der Waals surface area (Å²) in [6.45, 7) is 0. The van der Waals surface area contributed by atoms with Gasteiger partial charge in [-0.1, -0.05) is 0 Å². The summed E-state index contributed by atoms with van der Waals surface area (Å²) in [6.07, 6.45) is -4.88. The van der Waals surface area contributed by atoms with Crippen LogP contribution in [-0.4, -0.2) is 17.7 Å². The fourth-order valence-corrected chi connectivity index (χ4v) is 0.339. The highest BCUT2D eigenvalue weighted by molar-refractivity contribution is 9.09. The van der Waals surface area contributed by atoms with E-state index in [0.717, 1.165) is 0 Å². The highest BCUT2D eigenvalue weighted by atomic mass is 79.9. The second-order valence-corrected chi connectivity index (χ2v) is 1.50. The fourth-order valence-electron chi connectivity index (χ4n) is 0.131. The van der Waals surface area contributed by atoms with Gasteiger partial charge >= 0.3 is 12.1 Å². The molecule has 6 heteroatoms. The average Bonchev–Trinajstić information content (AvgIpc) is 1.64. The molecule has 54 valence electrons. The van der Waals surface area contributed by atoms with Gasteiger partial charge in [-0.05, 0) is 15.9 Å². The van der Waals surface area contributed by atoms with Crippen LogP contribution < -0.4 is 0 Å². The lowest BCUT2D eigenvalue weighted by Gasteiger charge is -2.02. The minimum atomic E-state index is -4.88. The van der Waals surface area contributed by atoms with Gasteiger partial charge in [-0.2, -0.15) is 13.2 Å². The van der Waals surface area contributed by atoms with Gasteiger partial charge in [0.1, 0.15) is 5.52 Å². The van der Waals surface area contributed by atoms with Crippen molar-refractivity contribution >= 4 is 21.9 Å². The minimum absolute atomic E-state index is 0.439. The largest absolute Gasteiger partial charge is 0.490 e. The van der Waals surface area contributed by atoms with E-state index in [9.17, 15) is 18.0 Å². The van der Waals surface area contributed by atoms with Crippen LogP contribution in [0.5, 0.6) is 0 Å². The normalized spacial score (nSPS) is 11.1. The molecule has 0 atom stereocenters. The first kappa shape index (κ1) is 8.74. The first-order chi connectivity index (χ1) is 3.98. The molecule has 0 aliphatic carbocycles. The van der Waals surface area contributed by atoms with Crippen molar-refractivity contribution < 1.29 is 22.7 Å². The molecule has 0 unspecified atom stereocenters. The lowest BCUT2D eigenvalue weighted by molar-refractivity contribution is -0.197. The number of esters is 1. The molecule has 0 spiro atoms. The van der Waals surface area contributed by atoms with E-state index in [2.05, 4.69) is 20.7 Å². The fraction of sp³-hybridized carbons (Fsp3) is 0.667. The molecule has 0 radical (unpaired) electrons. The molecule has 0 saturated heterocycles. The Bertz CT molecular complexity index is 110. The Balaban J connectivity index is 3.74. The third-order valence-corrected chi connectivity index (χ3v) is 0.646. The van der Waals surface area contributed by atoms with Gasteiger partial charge in [0, 0.05) is 0 Å². The zero-order valence-electron chi connectivity index (χ0n) is 4.04. The Kier molecular flexibility index (Phi) is 2.96. The second kappa shape index (κ2) is 3.05. The summed E-state index contributed by atoms with van der Waals surface area (Å²) in [7, 11) is 0. The zero-order chi connectivity index (χ0) is 7.49. The number of hydrogen-bond acceptors (Lipinski definition) is 2. The van der Waals surface area contributed by atoms with Gasteiger partial charge in [-0.3, -0.25) is 0 Å². The number of alkyl halides is 4. The molecule has 0 bridgehead atoms. The lowest BCUT2D eigenvalue weighted by atomic mass is 10.7. The molecule has 0 aliphatic rings. The van der Waals surface area contributed by atoms with Crippen LogP contribution in [0.3, 0.4) is 0 Å². The Morgan fingerprint density at radius 2 is 2.00 bits per heavy atom. The average molecular weight is 207 g/mol. The van der Waals surface area contributed by atoms with Crippen LogP contribution >= 0.6 is 15.9 Å². The molecule has 0 heterocycles. The summed E-state index contributed by atoms with van der Waals surface area (Å²) in [5.41, 5.74) is -0.439. The van der Waals surface area contributed by atoms with Crippen molar-refractivity contribution in [3.05, 3.63) is 0 Å². The first-order valence-corrected chi connectivity index (χ1v) is 2.90. The lowest BCUT2D eigenvalue weighted by Crippen LogP contribution is -2.24. The molecule has 0 aromatic heterocycles. The summed E-state index contributed by atoms with van der Waals surface area (Å²) in [4.78, 5) is 9.69. The SMILES string of the molecule is O=C(OCBr)C(F)(F)F. The topological polar surface area (TPSA) is 26.3 Å². The van der Waals surface area contributed by atoms with E-state index in [0.29, 0.717) is 0 Å². The molecule has 9 heavy (non-hydrogen) atoms. The van der Waals surface area contributed by atoms with Crippen LogP contribution in [0.25, 0.3) is 0 Å². The van der Waals surface area contributed by atoms with Crippen LogP contribution in [-0.2, 0) is 9.53 Å². The van der Waals surface area contributed by atoms with Gasteiger partial charge < -0.3 is 4.74 Å². The number of hydrogen-bond donors (Lipinski definition) is 0. The van der Waals surface area contributed by atoms with Crippen LogP contribution in [0.15, 0.2) is 0 Å². The third-order valence-electron chi connectivity index (χ3n) is 0.417. The second-order valence-electron chi connectivity index (χ2n) is 1.04. The Morgan fingerprint density at radius 1 is 1.56 bits per heavy atom. The molecule has 0 aromatic rings. The van der Waals surface area contributed by atoms with Crippen molar-refractivity contribution in [2.24, 2.45) is 0 Å². The van der Waals surface area contributed by atoms with E-state index in [1.54, 1.807) is 0 Å². The Hall–Kier alpha value is -0.260. The monoisotopic (exact) mass is 206 g/mol. The van der Waals surface area contributed by atoms with Gasteiger partial charge in [0.05, 0.1) is 0 Å². The van der Waals surface area contributed by atoms with Gasteiger partial charge in [0.25, 0.3) is 0 Å². The first-order valence-electron chi connectivity index (χ1n) is 1.78. The highest BCUT2D eigenvalue weighted by Gasteiger charge is 2.40. The standard InChI is InChI=1S/C3H2BrF3O2/c4-1-9-2(8)3(5,6)7/h1H2. The zero-order valence-corrected chi connectivity index (χ0v) is 5.62. The summed E-state index contributed by atoms with van der Waals surface area (Å²) < 4.78 is 37.0. The van der Waals surface area contributed by atoms with Gasteiger partial charge in [-0.25, -0.2) is 4.79 Å². The van der Waals surface area contributed by atoms with Gasteiger partial charge in [0.2, 0.25) is 0 Å². The number of carbonyl (C=O) groups excluding carboxylic acids is 1. The van der Waals surface area contributed by atoms with Crippen LogP contribution in [0.4, 0.5) is 13.2 Å². The number of rotatable bonds is 1. The van der Waals surface area contributed by atoms with Crippen LogP contribution in [0.1, 0.15) is 0 Å². The maximum Gasteiger partial charge on any atom is 0.490 e. The number of halogens is 4. The third kappa shape index (κ3) is 3.34. The van der Waals surface area contributed by atoms with Gasteiger partial charge in [0.15, 0.2) is 0 Å². The maximum atomic E-state index is 11.1. The molecule has 0 rings (SSSR count). The van der Waals surface area contributed by atoms with Crippen molar-refractivity contribution in [3.8, 4) is 0 Å². The van der Waals surface area contributed by atoms with E-state index in [1.165, 1.54) is 0 Å². The summed E-state index contributed by atoms with van der Waals surface area (Å²) in [5, 5.41) is 0. The minimum Gasteiger partial charge on any atom is -0.447 e.